The van der Waals surface area contributed by atoms with Crippen molar-refractivity contribution < 1.29 is 19.0 Å². The van der Waals surface area contributed by atoms with Gasteiger partial charge in [0.05, 0.1) is 0 Å². The highest BCUT2D eigenvalue weighted by atomic mass is 16.7. The number of fused-ring (bicyclic) bond motifs is 1. The fourth-order valence-corrected chi connectivity index (χ4v) is 2.63. The Morgan fingerprint density at radius 1 is 1.04 bits per heavy atom. The number of nitrogens with zero attached hydrogens (tertiary/aromatic N) is 2. The minimum absolute atomic E-state index is 0.0623. The highest BCUT2D eigenvalue weighted by molar-refractivity contribution is 5.90. The van der Waals surface area contributed by atoms with Crippen LogP contribution >= 0.6 is 0 Å². The van der Waals surface area contributed by atoms with Gasteiger partial charge in [0.1, 0.15) is 5.75 Å². The van der Waals surface area contributed by atoms with Crippen LogP contribution in [-0.2, 0) is 11.2 Å². The fourth-order valence-electron chi connectivity index (χ4n) is 2.63. The van der Waals surface area contributed by atoms with Gasteiger partial charge in [-0.15, -0.1) is 0 Å². The zero-order chi connectivity index (χ0) is 18.5. The highest BCUT2D eigenvalue weighted by Crippen LogP contribution is 2.32. The van der Waals surface area contributed by atoms with E-state index >= 15 is 0 Å². The smallest absolute Gasteiger partial charge is 0.321 e. The van der Waals surface area contributed by atoms with Gasteiger partial charge >= 0.3 is 6.01 Å². The number of aromatic nitrogens is 2. The van der Waals surface area contributed by atoms with Crippen molar-refractivity contribution >= 4 is 11.6 Å². The van der Waals surface area contributed by atoms with Crippen molar-refractivity contribution in [3.05, 3.63) is 66.5 Å². The number of aryl methyl sites for hydroxylation is 1. The van der Waals surface area contributed by atoms with E-state index in [4.69, 9.17) is 14.2 Å². The molecule has 1 N–H and O–H groups in total. The molecule has 7 heteroatoms. The first kappa shape index (κ1) is 16.8. The van der Waals surface area contributed by atoms with Gasteiger partial charge < -0.3 is 19.5 Å². The lowest BCUT2D eigenvalue weighted by Gasteiger charge is -2.07. The summed E-state index contributed by atoms with van der Waals surface area (Å²) < 4.78 is 16.2. The maximum absolute atomic E-state index is 12.2. The monoisotopic (exact) mass is 363 g/mol. The van der Waals surface area contributed by atoms with Gasteiger partial charge in [-0.1, -0.05) is 6.07 Å². The lowest BCUT2D eigenvalue weighted by molar-refractivity contribution is -0.116. The van der Waals surface area contributed by atoms with E-state index in [-0.39, 0.29) is 18.7 Å². The Bertz CT molecular complexity index is 930. The molecule has 0 saturated carbocycles. The van der Waals surface area contributed by atoms with Crippen molar-refractivity contribution in [3.8, 4) is 23.3 Å². The van der Waals surface area contributed by atoms with E-state index in [0.29, 0.717) is 24.3 Å². The molecule has 1 aromatic heterocycles. The Morgan fingerprint density at radius 3 is 2.63 bits per heavy atom. The second-order valence-electron chi connectivity index (χ2n) is 5.89. The summed E-state index contributed by atoms with van der Waals surface area (Å²) in [4.78, 5) is 20.2. The van der Waals surface area contributed by atoms with Crippen LogP contribution in [0.1, 0.15) is 12.0 Å². The fraction of sp³-hybridized carbons (Fsp3) is 0.150. The van der Waals surface area contributed by atoms with Crippen LogP contribution in [0, 0.1) is 0 Å². The van der Waals surface area contributed by atoms with Crippen molar-refractivity contribution in [2.75, 3.05) is 12.1 Å². The summed E-state index contributed by atoms with van der Waals surface area (Å²) in [7, 11) is 0. The maximum atomic E-state index is 12.2. The summed E-state index contributed by atoms with van der Waals surface area (Å²) in [6.45, 7) is 0.245. The first-order chi connectivity index (χ1) is 13.3. The molecule has 0 atom stereocenters. The molecule has 0 spiro atoms. The molecule has 4 rings (SSSR count). The van der Waals surface area contributed by atoms with E-state index in [9.17, 15) is 4.79 Å². The number of benzene rings is 2. The average molecular weight is 363 g/mol. The predicted octanol–water partition coefficient (Wildman–Crippen LogP) is 3.57. The molecule has 2 heterocycles. The SMILES string of the molecule is O=C(CCc1ccc2c(c1)OCO2)Nc1ccc(Oc2ncccn2)cc1. The molecule has 3 aromatic rings. The lowest BCUT2D eigenvalue weighted by atomic mass is 10.1. The number of ether oxygens (including phenoxy) is 3. The van der Waals surface area contributed by atoms with E-state index in [2.05, 4.69) is 15.3 Å². The van der Waals surface area contributed by atoms with E-state index in [1.165, 1.54) is 0 Å². The van der Waals surface area contributed by atoms with Crippen LogP contribution in [0.5, 0.6) is 23.3 Å². The summed E-state index contributed by atoms with van der Waals surface area (Å²) in [5.74, 6) is 2.00. The Hall–Kier alpha value is -3.61. The number of hydrogen-bond acceptors (Lipinski definition) is 6. The minimum atomic E-state index is -0.0623. The van der Waals surface area contributed by atoms with Gasteiger partial charge in [0.25, 0.3) is 0 Å². The van der Waals surface area contributed by atoms with Gasteiger partial charge in [-0.25, -0.2) is 9.97 Å². The molecule has 0 saturated heterocycles. The zero-order valence-corrected chi connectivity index (χ0v) is 14.4. The molecule has 0 fully saturated rings. The Labute approximate surface area is 155 Å². The molecule has 27 heavy (non-hydrogen) atoms. The van der Waals surface area contributed by atoms with E-state index in [1.54, 1.807) is 42.7 Å². The van der Waals surface area contributed by atoms with Crippen molar-refractivity contribution in [3.63, 3.8) is 0 Å². The van der Waals surface area contributed by atoms with E-state index < -0.39 is 0 Å². The van der Waals surface area contributed by atoms with Gasteiger partial charge in [-0.05, 0) is 54.4 Å². The Balaban J connectivity index is 1.29. The van der Waals surface area contributed by atoms with Gasteiger partial charge in [0.2, 0.25) is 12.7 Å². The molecule has 0 aliphatic carbocycles. The van der Waals surface area contributed by atoms with Crippen molar-refractivity contribution in [2.45, 2.75) is 12.8 Å². The zero-order valence-electron chi connectivity index (χ0n) is 14.4. The summed E-state index contributed by atoms with van der Waals surface area (Å²) >= 11 is 0. The molecule has 0 bridgehead atoms. The summed E-state index contributed by atoms with van der Waals surface area (Å²) in [5.41, 5.74) is 1.73. The van der Waals surface area contributed by atoms with Crippen LogP contribution in [0.3, 0.4) is 0 Å². The maximum Gasteiger partial charge on any atom is 0.321 e. The quantitative estimate of drug-likeness (QED) is 0.721. The average Bonchev–Trinajstić information content (AvgIpc) is 3.17. The molecule has 0 unspecified atom stereocenters. The molecular weight excluding hydrogens is 346 g/mol. The lowest BCUT2D eigenvalue weighted by Crippen LogP contribution is -2.12. The van der Waals surface area contributed by atoms with Crippen molar-refractivity contribution in [1.29, 1.82) is 0 Å². The number of carbonyl (C=O) groups excluding carboxylic acids is 1. The summed E-state index contributed by atoms with van der Waals surface area (Å²) in [6, 6.07) is 14.8. The molecule has 7 nitrogen and oxygen atoms in total. The molecule has 2 aromatic carbocycles. The van der Waals surface area contributed by atoms with Crippen molar-refractivity contribution in [1.82, 2.24) is 9.97 Å². The van der Waals surface area contributed by atoms with Gasteiger partial charge in [-0.2, -0.15) is 0 Å². The number of anilines is 1. The van der Waals surface area contributed by atoms with Crippen LogP contribution in [-0.4, -0.2) is 22.7 Å². The second-order valence-corrected chi connectivity index (χ2v) is 5.89. The largest absolute Gasteiger partial charge is 0.454 e. The molecule has 1 aliphatic heterocycles. The van der Waals surface area contributed by atoms with Crippen LogP contribution in [0.15, 0.2) is 60.9 Å². The second kappa shape index (κ2) is 7.74. The van der Waals surface area contributed by atoms with Gasteiger partial charge in [0.15, 0.2) is 11.5 Å². The van der Waals surface area contributed by atoms with Crippen LogP contribution < -0.4 is 19.5 Å². The summed E-state index contributed by atoms with van der Waals surface area (Å²) in [6.07, 6.45) is 4.21. The van der Waals surface area contributed by atoms with Crippen LogP contribution in [0.2, 0.25) is 0 Å². The molecule has 1 aliphatic rings. The minimum Gasteiger partial charge on any atom is -0.454 e. The molecule has 136 valence electrons. The van der Waals surface area contributed by atoms with Crippen LogP contribution in [0.4, 0.5) is 5.69 Å². The first-order valence-corrected chi connectivity index (χ1v) is 8.49. The third kappa shape index (κ3) is 4.33. The Kier molecular flexibility index (Phi) is 4.82. The number of nitrogens with one attached hydrogen (secondary N) is 1. The van der Waals surface area contributed by atoms with Gasteiger partial charge in [-0.3, -0.25) is 4.79 Å². The standard InChI is InChI=1S/C20H17N3O4/c24-19(9-3-14-2-8-17-18(12-14)26-13-25-17)23-15-4-6-16(7-5-15)27-20-21-10-1-11-22-20/h1-2,4-8,10-12H,3,9,13H2,(H,23,24). The van der Waals surface area contributed by atoms with E-state index in [0.717, 1.165) is 17.1 Å². The highest BCUT2D eigenvalue weighted by Gasteiger charge is 2.13. The molecular formula is C20H17N3O4. The number of hydrogen-bond donors (Lipinski definition) is 1. The number of carbonyl (C=O) groups is 1. The molecule has 1 amide bonds. The van der Waals surface area contributed by atoms with Gasteiger partial charge in [0, 0.05) is 24.5 Å². The normalized spacial score (nSPS) is 11.9. The van der Waals surface area contributed by atoms with Crippen molar-refractivity contribution in [2.24, 2.45) is 0 Å². The number of rotatable bonds is 6. The Morgan fingerprint density at radius 2 is 1.81 bits per heavy atom. The number of amides is 1. The van der Waals surface area contributed by atoms with E-state index in [1.807, 2.05) is 18.2 Å². The first-order valence-electron chi connectivity index (χ1n) is 8.49. The topological polar surface area (TPSA) is 82.6 Å². The predicted molar refractivity (Wildman–Crippen MR) is 98.1 cm³/mol. The third-order valence-electron chi connectivity index (χ3n) is 3.97. The van der Waals surface area contributed by atoms with Crippen LogP contribution in [0.25, 0.3) is 0 Å². The summed E-state index contributed by atoms with van der Waals surface area (Å²) in [5, 5.41) is 2.87. The molecule has 0 radical (unpaired) electrons. The third-order valence-corrected chi connectivity index (χ3v) is 3.97.